The normalized spacial score (nSPS) is 24.0. The Morgan fingerprint density at radius 1 is 1.22 bits per heavy atom. The number of anilines is 2. The van der Waals surface area contributed by atoms with Gasteiger partial charge in [-0.15, -0.1) is 0 Å². The molecule has 2 fully saturated rings. The van der Waals surface area contributed by atoms with E-state index in [-0.39, 0.29) is 5.58 Å². The first-order valence-corrected chi connectivity index (χ1v) is 12.8. The summed E-state index contributed by atoms with van der Waals surface area (Å²) >= 11 is 0. The molecule has 3 aromatic heterocycles. The van der Waals surface area contributed by atoms with Crippen molar-refractivity contribution in [2.45, 2.75) is 70.8 Å². The van der Waals surface area contributed by atoms with E-state index in [0.29, 0.717) is 59.0 Å². The van der Waals surface area contributed by atoms with Gasteiger partial charge in [-0.25, -0.2) is 4.98 Å². The Labute approximate surface area is 214 Å². The standard InChI is InChI=1S/C26H35N5O6/c1-5-36-18-9-14-8-17(37-22(14)24(34)30-18)19-12(2)28-25(27-11-13-6-7-13)31-23(19)29-16-10-15(26(3,4)35)20(32)21(16)33/h8-9,13,15-16,20-21,32-33,35H,5-7,10-11H2,1-4H3,(H,30,34)(H2,27,28,29,31)/t15-,16+,20+,21-/m0/s1. The molecule has 5 rings (SSSR count). The predicted molar refractivity (Wildman–Crippen MR) is 139 cm³/mol. The van der Waals surface area contributed by atoms with Crippen molar-refractivity contribution in [2.24, 2.45) is 11.8 Å². The minimum atomic E-state index is -1.17. The molecular weight excluding hydrogens is 478 g/mol. The van der Waals surface area contributed by atoms with Crippen LogP contribution in [0.15, 0.2) is 21.3 Å². The molecule has 3 heterocycles. The van der Waals surface area contributed by atoms with Gasteiger partial charge < -0.3 is 35.1 Å². The van der Waals surface area contributed by atoms with Gasteiger partial charge in [0.1, 0.15) is 17.7 Å². The average molecular weight is 514 g/mol. The molecule has 37 heavy (non-hydrogen) atoms. The van der Waals surface area contributed by atoms with Crippen molar-refractivity contribution < 1.29 is 24.5 Å². The van der Waals surface area contributed by atoms with E-state index in [4.69, 9.17) is 14.1 Å². The van der Waals surface area contributed by atoms with E-state index >= 15 is 0 Å². The molecule has 200 valence electrons. The summed E-state index contributed by atoms with van der Waals surface area (Å²) in [4.78, 5) is 24.6. The number of pyridine rings is 1. The fourth-order valence-corrected chi connectivity index (χ4v) is 5.06. The molecule has 0 bridgehead atoms. The number of aromatic amines is 1. The lowest BCUT2D eigenvalue weighted by Crippen LogP contribution is -2.40. The Balaban J connectivity index is 1.55. The number of aliphatic hydroxyl groups is 3. The molecule has 3 aromatic rings. The summed E-state index contributed by atoms with van der Waals surface area (Å²) < 4.78 is 11.4. The summed E-state index contributed by atoms with van der Waals surface area (Å²) in [6, 6.07) is 2.86. The first kappa shape index (κ1) is 25.5. The summed E-state index contributed by atoms with van der Waals surface area (Å²) in [6.07, 6.45) is 0.470. The second kappa shape index (κ2) is 9.62. The van der Waals surface area contributed by atoms with Gasteiger partial charge >= 0.3 is 0 Å². The Morgan fingerprint density at radius 3 is 2.62 bits per heavy atom. The second-order valence-electron chi connectivity index (χ2n) is 10.7. The molecule has 0 radical (unpaired) electrons. The van der Waals surface area contributed by atoms with Crippen molar-refractivity contribution >= 4 is 22.7 Å². The molecule has 2 aliphatic carbocycles. The van der Waals surface area contributed by atoms with Crippen LogP contribution in [0.2, 0.25) is 0 Å². The molecule has 11 nitrogen and oxygen atoms in total. The summed E-state index contributed by atoms with van der Waals surface area (Å²) in [5.74, 6) is 1.66. The second-order valence-corrected chi connectivity index (χ2v) is 10.7. The van der Waals surface area contributed by atoms with Crippen LogP contribution in [0.1, 0.15) is 45.7 Å². The first-order valence-electron chi connectivity index (χ1n) is 12.8. The lowest BCUT2D eigenvalue weighted by Gasteiger charge is -2.28. The van der Waals surface area contributed by atoms with Crippen LogP contribution in [0.25, 0.3) is 22.3 Å². The van der Waals surface area contributed by atoms with Crippen LogP contribution < -0.4 is 20.9 Å². The number of aromatic nitrogens is 3. The van der Waals surface area contributed by atoms with E-state index < -0.39 is 35.3 Å². The molecule has 11 heteroatoms. The van der Waals surface area contributed by atoms with E-state index in [0.717, 1.165) is 6.54 Å². The number of aliphatic hydroxyl groups excluding tert-OH is 2. The number of rotatable bonds is 9. The van der Waals surface area contributed by atoms with Crippen LogP contribution in [0.4, 0.5) is 11.8 Å². The minimum absolute atomic E-state index is 0.151. The van der Waals surface area contributed by atoms with Crippen molar-refractivity contribution in [3.05, 3.63) is 28.2 Å². The smallest absolute Gasteiger partial charge is 0.294 e. The maximum absolute atomic E-state index is 12.6. The zero-order chi connectivity index (χ0) is 26.5. The number of nitrogens with zero attached hydrogens (tertiary/aromatic N) is 2. The lowest BCUT2D eigenvalue weighted by molar-refractivity contribution is -0.0601. The third kappa shape index (κ3) is 5.16. The van der Waals surface area contributed by atoms with Gasteiger partial charge in [0.2, 0.25) is 5.95 Å². The van der Waals surface area contributed by atoms with Crippen LogP contribution in [0.3, 0.4) is 0 Å². The van der Waals surface area contributed by atoms with Crippen molar-refractivity contribution in [1.82, 2.24) is 15.0 Å². The van der Waals surface area contributed by atoms with Gasteiger partial charge in [-0.05, 0) is 58.9 Å². The zero-order valence-corrected chi connectivity index (χ0v) is 21.5. The van der Waals surface area contributed by atoms with E-state index in [2.05, 4.69) is 20.6 Å². The van der Waals surface area contributed by atoms with Gasteiger partial charge in [-0.1, -0.05) is 0 Å². The highest BCUT2D eigenvalue weighted by Crippen LogP contribution is 2.39. The highest BCUT2D eigenvalue weighted by Gasteiger charge is 2.48. The number of H-pyrrole nitrogens is 1. The van der Waals surface area contributed by atoms with Gasteiger partial charge in [-0.3, -0.25) is 9.78 Å². The Morgan fingerprint density at radius 2 is 1.97 bits per heavy atom. The molecule has 2 aliphatic rings. The molecule has 2 saturated carbocycles. The van der Waals surface area contributed by atoms with Crippen LogP contribution in [-0.2, 0) is 0 Å². The maximum Gasteiger partial charge on any atom is 0.294 e. The topological polar surface area (TPSA) is 166 Å². The van der Waals surface area contributed by atoms with E-state index in [1.54, 1.807) is 26.0 Å². The van der Waals surface area contributed by atoms with Gasteiger partial charge in [0.15, 0.2) is 11.5 Å². The number of hydrogen-bond acceptors (Lipinski definition) is 10. The van der Waals surface area contributed by atoms with Crippen molar-refractivity contribution in [3.8, 4) is 17.2 Å². The predicted octanol–water partition coefficient (Wildman–Crippen LogP) is 2.40. The zero-order valence-electron chi connectivity index (χ0n) is 21.5. The Bertz CT molecular complexity index is 1340. The number of hydrogen-bond donors (Lipinski definition) is 6. The molecule has 0 aromatic carbocycles. The van der Waals surface area contributed by atoms with E-state index in [1.807, 2.05) is 13.8 Å². The van der Waals surface area contributed by atoms with Gasteiger partial charge in [0.05, 0.1) is 35.6 Å². The summed E-state index contributed by atoms with van der Waals surface area (Å²) in [6.45, 7) is 8.08. The Hall–Kier alpha value is -3.15. The number of ether oxygens (including phenoxy) is 1. The van der Waals surface area contributed by atoms with Gasteiger partial charge in [0.25, 0.3) is 5.56 Å². The quantitative estimate of drug-likeness (QED) is 0.250. The Kier molecular flexibility index (Phi) is 6.63. The average Bonchev–Trinajstić information content (AvgIpc) is 3.48. The van der Waals surface area contributed by atoms with Gasteiger partial charge in [0, 0.05) is 23.9 Å². The SMILES string of the molecule is CCOc1cc2cc(-c3c(C)nc(NCC4CC4)nc3N[C@@H]3C[C@H](C(C)(C)O)[C@@H](O)[C@H]3O)oc2c(=O)[nH]1. The molecule has 6 N–H and O–H groups in total. The molecule has 0 spiro atoms. The molecule has 0 saturated heterocycles. The fraction of sp³-hybridized carbons (Fsp3) is 0.577. The summed E-state index contributed by atoms with van der Waals surface area (Å²) in [7, 11) is 0. The molecule has 0 aliphatic heterocycles. The highest BCUT2D eigenvalue weighted by atomic mass is 16.5. The monoisotopic (exact) mass is 513 g/mol. The summed E-state index contributed by atoms with van der Waals surface area (Å²) in [5.41, 5.74) is -0.276. The molecular formula is C26H35N5O6. The van der Waals surface area contributed by atoms with Crippen molar-refractivity contribution in [3.63, 3.8) is 0 Å². The molecule has 0 unspecified atom stereocenters. The largest absolute Gasteiger partial charge is 0.479 e. The third-order valence-corrected chi connectivity index (χ3v) is 7.28. The van der Waals surface area contributed by atoms with Crippen molar-refractivity contribution in [1.29, 1.82) is 0 Å². The van der Waals surface area contributed by atoms with Crippen LogP contribution in [0.5, 0.6) is 5.88 Å². The third-order valence-electron chi connectivity index (χ3n) is 7.28. The number of aryl methyl sites for hydroxylation is 1. The van der Waals surface area contributed by atoms with Crippen LogP contribution in [-0.4, -0.2) is 67.3 Å². The molecule has 0 amide bonds. The summed E-state index contributed by atoms with van der Waals surface area (Å²) in [5, 5.41) is 39.1. The number of nitrogens with one attached hydrogen (secondary N) is 3. The lowest BCUT2D eigenvalue weighted by atomic mass is 9.88. The van der Waals surface area contributed by atoms with Gasteiger partial charge in [-0.2, -0.15) is 4.98 Å². The van der Waals surface area contributed by atoms with Crippen molar-refractivity contribution in [2.75, 3.05) is 23.8 Å². The first-order chi connectivity index (χ1) is 17.5. The number of furan rings is 1. The van der Waals surface area contributed by atoms with E-state index in [1.165, 1.54) is 12.8 Å². The fourth-order valence-electron chi connectivity index (χ4n) is 5.06. The minimum Gasteiger partial charge on any atom is -0.479 e. The van der Waals surface area contributed by atoms with Crippen LogP contribution >= 0.6 is 0 Å². The molecule has 4 atom stereocenters. The van der Waals surface area contributed by atoms with E-state index in [9.17, 15) is 20.1 Å². The number of fused-ring (bicyclic) bond motifs is 1. The maximum atomic E-state index is 12.6. The van der Waals surface area contributed by atoms with Crippen LogP contribution in [0, 0.1) is 18.8 Å². The highest BCUT2D eigenvalue weighted by molar-refractivity contribution is 5.86.